The first-order valence-corrected chi connectivity index (χ1v) is 4.66. The van der Waals surface area contributed by atoms with E-state index in [-0.39, 0.29) is 5.69 Å². The number of benzene rings is 1. The van der Waals surface area contributed by atoms with Crippen LogP contribution in [0.5, 0.6) is 0 Å². The second kappa shape index (κ2) is 3.66. The monoisotopic (exact) mass is 226 g/mol. The van der Waals surface area contributed by atoms with Crippen LogP contribution >= 0.6 is 0 Å². The van der Waals surface area contributed by atoms with E-state index in [0.29, 0.717) is 5.69 Å². The highest BCUT2D eigenvalue weighted by Gasteiger charge is 2.36. The minimum atomic E-state index is -4.40. The molecule has 0 aliphatic carbocycles. The van der Waals surface area contributed by atoms with E-state index in [0.717, 1.165) is 0 Å². The van der Waals surface area contributed by atoms with E-state index in [1.165, 1.54) is 17.8 Å². The van der Waals surface area contributed by atoms with Crippen LogP contribution in [0.3, 0.4) is 0 Å². The van der Waals surface area contributed by atoms with Crippen molar-refractivity contribution in [3.63, 3.8) is 0 Å². The third kappa shape index (κ3) is 1.80. The number of rotatable bonds is 1. The van der Waals surface area contributed by atoms with Gasteiger partial charge in [-0.1, -0.05) is 18.2 Å². The molecule has 0 saturated heterocycles. The van der Waals surface area contributed by atoms with Crippen LogP contribution < -0.4 is 0 Å². The molecule has 2 rings (SSSR count). The summed E-state index contributed by atoms with van der Waals surface area (Å²) in [7, 11) is 0. The molecule has 1 aromatic heterocycles. The highest BCUT2D eigenvalue weighted by atomic mass is 19.4. The number of nitrogens with zero attached hydrogens (tertiary/aromatic N) is 2. The number of hydrogen-bond acceptors (Lipinski definition) is 1. The summed E-state index contributed by atoms with van der Waals surface area (Å²) >= 11 is 0. The Kier molecular flexibility index (Phi) is 2.46. The van der Waals surface area contributed by atoms with Gasteiger partial charge in [0.15, 0.2) is 5.69 Å². The van der Waals surface area contributed by atoms with Crippen LogP contribution in [-0.4, -0.2) is 9.55 Å². The Balaban J connectivity index is 2.50. The van der Waals surface area contributed by atoms with Gasteiger partial charge >= 0.3 is 6.18 Å². The maximum Gasteiger partial charge on any atom is 0.435 e. The summed E-state index contributed by atoms with van der Waals surface area (Å²) < 4.78 is 38.9. The van der Waals surface area contributed by atoms with E-state index in [2.05, 4.69) is 4.98 Å². The fraction of sp³-hybridized carbons (Fsp3) is 0.182. The third-order valence-corrected chi connectivity index (χ3v) is 2.31. The molecule has 0 amide bonds. The van der Waals surface area contributed by atoms with Crippen molar-refractivity contribution in [3.8, 4) is 5.69 Å². The SMILES string of the molecule is Cc1c(C(F)(F)F)ncn1-c1ccccc1. The Morgan fingerprint density at radius 2 is 1.75 bits per heavy atom. The van der Waals surface area contributed by atoms with Gasteiger partial charge in [0.25, 0.3) is 0 Å². The molecule has 2 nitrogen and oxygen atoms in total. The van der Waals surface area contributed by atoms with Crippen molar-refractivity contribution in [1.29, 1.82) is 0 Å². The zero-order chi connectivity index (χ0) is 11.8. The molecule has 2 aromatic rings. The minimum absolute atomic E-state index is 0.0960. The number of alkyl halides is 3. The normalized spacial score (nSPS) is 11.8. The summed E-state index contributed by atoms with van der Waals surface area (Å²) in [5, 5.41) is 0. The second-order valence-corrected chi connectivity index (χ2v) is 3.38. The summed E-state index contributed by atoms with van der Waals surface area (Å²) in [5.41, 5.74) is -0.0712. The molecule has 0 aliphatic heterocycles. The smallest absolute Gasteiger partial charge is 0.303 e. The van der Waals surface area contributed by atoms with Gasteiger partial charge in [0.2, 0.25) is 0 Å². The molecule has 0 atom stereocenters. The summed E-state index contributed by atoms with van der Waals surface area (Å²) in [4.78, 5) is 3.40. The van der Waals surface area contributed by atoms with Crippen LogP contribution in [0.25, 0.3) is 5.69 Å². The van der Waals surface area contributed by atoms with Crippen molar-refractivity contribution in [2.24, 2.45) is 0 Å². The van der Waals surface area contributed by atoms with Gasteiger partial charge in [0.1, 0.15) is 6.33 Å². The number of imidazole rings is 1. The Morgan fingerprint density at radius 3 is 2.25 bits per heavy atom. The molecule has 0 bridgehead atoms. The molecule has 0 radical (unpaired) electrons. The molecule has 0 unspecified atom stereocenters. The molecule has 84 valence electrons. The van der Waals surface area contributed by atoms with Crippen LogP contribution in [0.2, 0.25) is 0 Å². The van der Waals surface area contributed by atoms with Gasteiger partial charge in [-0.25, -0.2) is 4.98 Å². The molecule has 5 heteroatoms. The van der Waals surface area contributed by atoms with E-state index in [1.807, 2.05) is 0 Å². The lowest BCUT2D eigenvalue weighted by Crippen LogP contribution is -2.08. The average molecular weight is 226 g/mol. The number of para-hydroxylation sites is 1. The van der Waals surface area contributed by atoms with Gasteiger partial charge in [0, 0.05) is 5.69 Å². The van der Waals surface area contributed by atoms with Gasteiger partial charge in [0.05, 0.1) is 5.69 Å². The van der Waals surface area contributed by atoms with E-state index >= 15 is 0 Å². The zero-order valence-electron chi connectivity index (χ0n) is 8.49. The van der Waals surface area contributed by atoms with E-state index in [1.54, 1.807) is 30.3 Å². The molecular weight excluding hydrogens is 217 g/mol. The first-order chi connectivity index (χ1) is 7.50. The van der Waals surface area contributed by atoms with Gasteiger partial charge in [-0.3, -0.25) is 0 Å². The van der Waals surface area contributed by atoms with Crippen LogP contribution in [-0.2, 0) is 6.18 Å². The number of hydrogen-bond donors (Lipinski definition) is 0. The van der Waals surface area contributed by atoms with Crippen molar-refractivity contribution < 1.29 is 13.2 Å². The zero-order valence-corrected chi connectivity index (χ0v) is 8.49. The van der Waals surface area contributed by atoms with Gasteiger partial charge < -0.3 is 4.57 Å². The van der Waals surface area contributed by atoms with E-state index < -0.39 is 11.9 Å². The van der Waals surface area contributed by atoms with Crippen LogP contribution in [0.4, 0.5) is 13.2 Å². The van der Waals surface area contributed by atoms with Crippen LogP contribution in [0, 0.1) is 6.92 Å². The fourth-order valence-corrected chi connectivity index (χ4v) is 1.54. The molecule has 0 spiro atoms. The molecule has 0 fully saturated rings. The molecule has 0 saturated carbocycles. The van der Waals surface area contributed by atoms with Crippen LogP contribution in [0.1, 0.15) is 11.4 Å². The molecule has 1 aromatic carbocycles. The largest absolute Gasteiger partial charge is 0.435 e. The molecule has 1 heterocycles. The van der Waals surface area contributed by atoms with Crippen molar-refractivity contribution in [1.82, 2.24) is 9.55 Å². The Hall–Kier alpha value is -1.78. The van der Waals surface area contributed by atoms with Gasteiger partial charge in [-0.2, -0.15) is 13.2 Å². The lowest BCUT2D eigenvalue weighted by Gasteiger charge is -2.07. The maximum absolute atomic E-state index is 12.5. The summed E-state index contributed by atoms with van der Waals surface area (Å²) in [6.07, 6.45) is -3.21. The second-order valence-electron chi connectivity index (χ2n) is 3.38. The lowest BCUT2D eigenvalue weighted by molar-refractivity contribution is -0.141. The van der Waals surface area contributed by atoms with Gasteiger partial charge in [-0.15, -0.1) is 0 Å². The average Bonchev–Trinajstić information content (AvgIpc) is 2.61. The predicted octanol–water partition coefficient (Wildman–Crippen LogP) is 3.20. The highest BCUT2D eigenvalue weighted by Crippen LogP contribution is 2.31. The molecule has 0 N–H and O–H groups in total. The summed E-state index contributed by atoms with van der Waals surface area (Å²) in [6, 6.07) is 8.80. The summed E-state index contributed by atoms with van der Waals surface area (Å²) in [5.74, 6) is 0. The summed E-state index contributed by atoms with van der Waals surface area (Å²) in [6.45, 7) is 1.41. The Morgan fingerprint density at radius 1 is 1.12 bits per heavy atom. The predicted molar refractivity (Wildman–Crippen MR) is 53.3 cm³/mol. The van der Waals surface area contributed by atoms with Crippen LogP contribution in [0.15, 0.2) is 36.7 Å². The quantitative estimate of drug-likeness (QED) is 0.730. The molecule has 0 aliphatic rings. The number of halogens is 3. The van der Waals surface area contributed by atoms with Crippen molar-refractivity contribution in [2.75, 3.05) is 0 Å². The Labute approximate surface area is 90.4 Å². The van der Waals surface area contributed by atoms with Gasteiger partial charge in [-0.05, 0) is 19.1 Å². The lowest BCUT2D eigenvalue weighted by atomic mass is 10.3. The molecule has 16 heavy (non-hydrogen) atoms. The topological polar surface area (TPSA) is 17.8 Å². The standard InChI is InChI=1S/C11H9F3N2/c1-8-10(11(12,13)14)15-7-16(8)9-5-3-2-4-6-9/h2-7H,1H3. The number of aromatic nitrogens is 2. The van der Waals surface area contributed by atoms with E-state index in [9.17, 15) is 13.2 Å². The first-order valence-electron chi connectivity index (χ1n) is 4.66. The van der Waals surface area contributed by atoms with E-state index in [4.69, 9.17) is 0 Å². The third-order valence-electron chi connectivity index (χ3n) is 2.31. The Bertz CT molecular complexity index is 486. The van der Waals surface area contributed by atoms with Crippen molar-refractivity contribution in [2.45, 2.75) is 13.1 Å². The van der Waals surface area contributed by atoms with Crippen molar-refractivity contribution >= 4 is 0 Å². The maximum atomic E-state index is 12.5. The highest BCUT2D eigenvalue weighted by molar-refractivity contribution is 5.35. The first kappa shape index (κ1) is 10.7. The minimum Gasteiger partial charge on any atom is -0.303 e. The van der Waals surface area contributed by atoms with Crippen molar-refractivity contribution in [3.05, 3.63) is 48.0 Å². The fourth-order valence-electron chi connectivity index (χ4n) is 1.54. The molecular formula is C11H9F3N2.